The molecule has 80 valence electrons. The number of hydrogen-bond donors (Lipinski definition) is 0. The van der Waals surface area contributed by atoms with Gasteiger partial charge >= 0.3 is 0 Å². The van der Waals surface area contributed by atoms with E-state index in [1.165, 1.54) is 25.9 Å². The van der Waals surface area contributed by atoms with Gasteiger partial charge in [-0.15, -0.1) is 0 Å². The van der Waals surface area contributed by atoms with Crippen molar-refractivity contribution in [3.63, 3.8) is 0 Å². The van der Waals surface area contributed by atoms with Gasteiger partial charge in [0.05, 0.1) is 0 Å². The van der Waals surface area contributed by atoms with Crippen LogP contribution in [0.3, 0.4) is 0 Å². The van der Waals surface area contributed by atoms with Crippen LogP contribution in [0.2, 0.25) is 0 Å². The van der Waals surface area contributed by atoms with Gasteiger partial charge in [-0.25, -0.2) is 0 Å². The topological polar surface area (TPSA) is 52.0 Å². The molecule has 4 heteroatoms. The van der Waals surface area contributed by atoms with E-state index in [1.54, 1.807) is 0 Å². The normalized spacial score (nSPS) is 19.6. The Labute approximate surface area is 85.9 Å². The van der Waals surface area contributed by atoms with E-state index in [-0.39, 0.29) is 0 Å². The Kier molecular flexibility index (Phi) is 4.77. The molecule has 0 aromatic carbocycles. The highest BCUT2D eigenvalue weighted by Crippen LogP contribution is 2.23. The summed E-state index contributed by atoms with van der Waals surface area (Å²) in [7, 11) is 0. The molecule has 1 aliphatic heterocycles. The summed E-state index contributed by atoms with van der Waals surface area (Å²) in [5.74, 6) is 1.71. The van der Waals surface area contributed by atoms with Crippen molar-refractivity contribution in [2.45, 2.75) is 26.7 Å². The molecule has 1 aliphatic rings. The van der Waals surface area contributed by atoms with Crippen LogP contribution in [0.15, 0.2) is 5.11 Å². The van der Waals surface area contributed by atoms with Crippen molar-refractivity contribution < 1.29 is 0 Å². The number of hydrogen-bond acceptors (Lipinski definition) is 2. The van der Waals surface area contributed by atoms with Gasteiger partial charge in [0, 0.05) is 18.0 Å². The van der Waals surface area contributed by atoms with Crippen molar-refractivity contribution >= 4 is 0 Å². The third-order valence-corrected chi connectivity index (χ3v) is 3.15. The van der Waals surface area contributed by atoms with Crippen LogP contribution < -0.4 is 0 Å². The van der Waals surface area contributed by atoms with Gasteiger partial charge in [0.25, 0.3) is 0 Å². The van der Waals surface area contributed by atoms with Crippen LogP contribution in [0.5, 0.6) is 0 Å². The molecule has 1 heterocycles. The second-order valence-electron chi connectivity index (χ2n) is 4.38. The van der Waals surface area contributed by atoms with Crippen molar-refractivity contribution in [2.24, 2.45) is 17.0 Å². The smallest absolute Gasteiger partial charge is 0.0385 e. The Balaban J connectivity index is 2.18. The second kappa shape index (κ2) is 5.89. The van der Waals surface area contributed by atoms with Crippen LogP contribution in [0.1, 0.15) is 26.7 Å². The molecule has 0 aliphatic carbocycles. The largest absolute Gasteiger partial charge is 0.303 e. The molecule has 1 rings (SSSR count). The first-order valence-corrected chi connectivity index (χ1v) is 5.47. The molecule has 0 saturated carbocycles. The lowest BCUT2D eigenvalue weighted by Gasteiger charge is -2.33. The second-order valence-corrected chi connectivity index (χ2v) is 4.38. The number of nitrogens with zero attached hydrogens (tertiary/aromatic N) is 4. The third-order valence-electron chi connectivity index (χ3n) is 3.15. The van der Waals surface area contributed by atoms with Gasteiger partial charge in [-0.1, -0.05) is 19.0 Å². The zero-order valence-corrected chi connectivity index (χ0v) is 9.19. The van der Waals surface area contributed by atoms with Crippen LogP contribution >= 0.6 is 0 Å². The Hall–Kier alpha value is -0.730. The lowest BCUT2D eigenvalue weighted by atomic mass is 9.87. The minimum atomic E-state index is 0.614. The maximum absolute atomic E-state index is 8.15. The molecule has 0 unspecified atom stereocenters. The fourth-order valence-corrected chi connectivity index (χ4v) is 2.07. The van der Waals surface area contributed by atoms with E-state index < -0.39 is 0 Å². The summed E-state index contributed by atoms with van der Waals surface area (Å²) in [5.41, 5.74) is 8.15. The summed E-state index contributed by atoms with van der Waals surface area (Å²) in [6.45, 7) is 8.49. The summed E-state index contributed by atoms with van der Waals surface area (Å²) >= 11 is 0. The molecule has 14 heavy (non-hydrogen) atoms. The predicted octanol–water partition coefficient (Wildman–Crippen LogP) is 2.66. The highest BCUT2D eigenvalue weighted by molar-refractivity contribution is 4.74. The van der Waals surface area contributed by atoms with E-state index in [0.29, 0.717) is 6.54 Å². The monoisotopic (exact) mass is 196 g/mol. The highest BCUT2D eigenvalue weighted by atomic mass is 15.2. The van der Waals surface area contributed by atoms with Gasteiger partial charge in [0.1, 0.15) is 0 Å². The van der Waals surface area contributed by atoms with Crippen molar-refractivity contribution in [2.75, 3.05) is 26.2 Å². The van der Waals surface area contributed by atoms with Gasteiger partial charge in [-0.05, 0) is 43.3 Å². The number of rotatable bonds is 4. The molecule has 0 radical (unpaired) electrons. The van der Waals surface area contributed by atoms with Gasteiger partial charge in [-0.3, -0.25) is 0 Å². The molecule has 0 aromatic heterocycles. The summed E-state index contributed by atoms with van der Waals surface area (Å²) in [6.07, 6.45) is 2.60. The number of likely N-dealkylation sites (tertiary alicyclic amines) is 1. The van der Waals surface area contributed by atoms with E-state index in [0.717, 1.165) is 18.4 Å². The highest BCUT2D eigenvalue weighted by Gasteiger charge is 2.20. The summed E-state index contributed by atoms with van der Waals surface area (Å²) < 4.78 is 0. The molecule has 0 N–H and O–H groups in total. The summed E-state index contributed by atoms with van der Waals surface area (Å²) in [4.78, 5) is 5.16. The van der Waals surface area contributed by atoms with E-state index in [2.05, 4.69) is 28.8 Å². The molecule has 1 fully saturated rings. The van der Waals surface area contributed by atoms with E-state index >= 15 is 0 Å². The van der Waals surface area contributed by atoms with Gasteiger partial charge in [-0.2, -0.15) is 0 Å². The standard InChI is InChI=1S/C10H20N4/c1-9(2)10-3-6-14(7-4-10)8-5-12-13-11/h9-10H,3-8H2,1-2H3. The molecule has 0 atom stereocenters. The maximum atomic E-state index is 8.15. The Morgan fingerprint density at radius 2 is 2.07 bits per heavy atom. The first-order valence-electron chi connectivity index (χ1n) is 5.47. The van der Waals surface area contributed by atoms with E-state index in [9.17, 15) is 0 Å². The van der Waals surface area contributed by atoms with Crippen molar-refractivity contribution in [3.8, 4) is 0 Å². The SMILES string of the molecule is CC(C)C1CCN(CCN=[N+]=[N-])CC1. The third kappa shape index (κ3) is 3.56. The molecule has 0 aromatic rings. The first-order chi connectivity index (χ1) is 6.74. The van der Waals surface area contributed by atoms with Gasteiger partial charge in [0.2, 0.25) is 0 Å². The van der Waals surface area contributed by atoms with Crippen LogP contribution in [0, 0.1) is 11.8 Å². The van der Waals surface area contributed by atoms with Gasteiger partial charge in [0.15, 0.2) is 0 Å². The van der Waals surface area contributed by atoms with Crippen LogP contribution in [0.25, 0.3) is 10.4 Å². The zero-order chi connectivity index (χ0) is 10.4. The Morgan fingerprint density at radius 3 is 2.57 bits per heavy atom. The van der Waals surface area contributed by atoms with Gasteiger partial charge < -0.3 is 4.90 Å². The average molecular weight is 196 g/mol. The minimum absolute atomic E-state index is 0.614. The minimum Gasteiger partial charge on any atom is -0.303 e. The van der Waals surface area contributed by atoms with E-state index in [4.69, 9.17) is 5.53 Å². The predicted molar refractivity (Wildman–Crippen MR) is 58.0 cm³/mol. The Bertz CT molecular complexity index is 200. The fraction of sp³-hybridized carbons (Fsp3) is 1.00. The van der Waals surface area contributed by atoms with Crippen LogP contribution in [0.4, 0.5) is 0 Å². The summed E-state index contributed by atoms with van der Waals surface area (Å²) in [6, 6.07) is 0. The first kappa shape index (κ1) is 11.3. The fourth-order valence-electron chi connectivity index (χ4n) is 2.07. The lowest BCUT2D eigenvalue weighted by Crippen LogP contribution is -2.36. The van der Waals surface area contributed by atoms with Crippen molar-refractivity contribution in [1.82, 2.24) is 4.90 Å². The van der Waals surface area contributed by atoms with Crippen LogP contribution in [-0.2, 0) is 0 Å². The molecular weight excluding hydrogens is 176 g/mol. The zero-order valence-electron chi connectivity index (χ0n) is 9.19. The van der Waals surface area contributed by atoms with E-state index in [1.807, 2.05) is 0 Å². The molecule has 0 amide bonds. The lowest BCUT2D eigenvalue weighted by molar-refractivity contribution is 0.161. The average Bonchev–Trinajstić information content (AvgIpc) is 2.19. The molecule has 0 spiro atoms. The number of azide groups is 1. The van der Waals surface area contributed by atoms with Crippen molar-refractivity contribution in [1.29, 1.82) is 0 Å². The molecule has 0 bridgehead atoms. The molecule has 4 nitrogen and oxygen atoms in total. The summed E-state index contributed by atoms with van der Waals surface area (Å²) in [5, 5.41) is 3.56. The Morgan fingerprint density at radius 1 is 1.43 bits per heavy atom. The number of piperidine rings is 1. The van der Waals surface area contributed by atoms with Crippen molar-refractivity contribution in [3.05, 3.63) is 10.4 Å². The quantitative estimate of drug-likeness (QED) is 0.387. The molecule has 1 saturated heterocycles. The molecular formula is C10H20N4. The van der Waals surface area contributed by atoms with Crippen LogP contribution in [-0.4, -0.2) is 31.1 Å². The maximum Gasteiger partial charge on any atom is 0.0385 e.